The molecule has 0 aromatic heterocycles. The number of rotatable bonds is 4. The molecular weight excluding hydrogens is 244 g/mol. The minimum Gasteiger partial charge on any atom is -0.477 e. The van der Waals surface area contributed by atoms with Crippen molar-refractivity contribution in [2.45, 2.75) is 6.92 Å². The molecule has 0 atom stereocenters. The van der Waals surface area contributed by atoms with Crippen LogP contribution < -0.4 is 4.90 Å². The summed E-state index contributed by atoms with van der Waals surface area (Å²) < 4.78 is 0. The smallest absolute Gasteiger partial charge is 0.346 e. The molecule has 1 aromatic carbocycles. The number of carbonyl (C=O) groups is 2. The van der Waals surface area contributed by atoms with Crippen LogP contribution >= 0.6 is 0 Å². The molecule has 0 radical (unpaired) electrons. The average Bonchev–Trinajstić information content (AvgIpc) is 2.39. The Bertz CT molecular complexity index is 568. The molecule has 1 amide bonds. The third-order valence-corrected chi connectivity index (χ3v) is 2.22. The van der Waals surface area contributed by atoms with Gasteiger partial charge in [0.1, 0.15) is 11.6 Å². The number of nitriles is 1. The normalized spacial score (nSPS) is 11.1. The van der Waals surface area contributed by atoms with Crippen molar-refractivity contribution in [2.75, 3.05) is 4.90 Å². The molecule has 0 fully saturated rings. The van der Waals surface area contributed by atoms with E-state index in [1.807, 2.05) is 6.07 Å². The van der Waals surface area contributed by atoms with Gasteiger partial charge in [0.05, 0.1) is 0 Å². The maximum absolute atomic E-state index is 11.5. The summed E-state index contributed by atoms with van der Waals surface area (Å²) in [5, 5.41) is 17.2. The monoisotopic (exact) mass is 256 g/mol. The molecule has 0 saturated heterocycles. The molecule has 0 bridgehead atoms. The van der Waals surface area contributed by atoms with Gasteiger partial charge in [0.15, 0.2) is 0 Å². The fourth-order valence-electron chi connectivity index (χ4n) is 1.34. The van der Waals surface area contributed by atoms with Gasteiger partial charge in [-0.1, -0.05) is 18.2 Å². The number of carboxylic acids is 1. The Hall–Kier alpha value is -2.87. The van der Waals surface area contributed by atoms with Gasteiger partial charge in [0.2, 0.25) is 5.91 Å². The van der Waals surface area contributed by atoms with Crippen LogP contribution in [0.4, 0.5) is 5.69 Å². The van der Waals surface area contributed by atoms with Gasteiger partial charge in [0, 0.05) is 18.8 Å². The van der Waals surface area contributed by atoms with Gasteiger partial charge in [-0.05, 0) is 24.3 Å². The Morgan fingerprint density at radius 2 is 1.95 bits per heavy atom. The molecule has 5 heteroatoms. The predicted molar refractivity (Wildman–Crippen MR) is 70.1 cm³/mol. The van der Waals surface area contributed by atoms with Crippen LogP contribution in [-0.2, 0) is 9.59 Å². The van der Waals surface area contributed by atoms with E-state index < -0.39 is 11.5 Å². The molecule has 0 aliphatic heterocycles. The van der Waals surface area contributed by atoms with Gasteiger partial charge in [-0.15, -0.1) is 0 Å². The Morgan fingerprint density at radius 3 is 2.42 bits per heavy atom. The summed E-state index contributed by atoms with van der Waals surface area (Å²) in [4.78, 5) is 23.5. The molecule has 0 heterocycles. The number of hydrogen-bond acceptors (Lipinski definition) is 3. The van der Waals surface area contributed by atoms with Crippen molar-refractivity contribution in [1.29, 1.82) is 5.26 Å². The van der Waals surface area contributed by atoms with Crippen LogP contribution in [0.1, 0.15) is 6.92 Å². The number of carbonyl (C=O) groups excluding carboxylic acids is 1. The highest BCUT2D eigenvalue weighted by atomic mass is 16.4. The molecule has 0 unspecified atom stereocenters. The van der Waals surface area contributed by atoms with Gasteiger partial charge in [-0.25, -0.2) is 4.79 Å². The van der Waals surface area contributed by atoms with E-state index in [9.17, 15) is 9.59 Å². The molecule has 5 nitrogen and oxygen atoms in total. The number of aliphatic carboxylic acids is 1. The van der Waals surface area contributed by atoms with Crippen molar-refractivity contribution in [3.05, 3.63) is 54.3 Å². The fourth-order valence-corrected chi connectivity index (χ4v) is 1.34. The lowest BCUT2D eigenvalue weighted by atomic mass is 10.2. The van der Waals surface area contributed by atoms with E-state index in [-0.39, 0.29) is 5.91 Å². The highest BCUT2D eigenvalue weighted by molar-refractivity contribution is 5.94. The zero-order valence-corrected chi connectivity index (χ0v) is 10.3. The summed E-state index contributed by atoms with van der Waals surface area (Å²) in [5.74, 6) is -1.52. The van der Waals surface area contributed by atoms with E-state index in [1.54, 1.807) is 30.3 Å². The van der Waals surface area contributed by atoms with Crippen LogP contribution in [0.25, 0.3) is 0 Å². The summed E-state index contributed by atoms with van der Waals surface area (Å²) in [6.45, 7) is 1.39. The molecule has 1 aromatic rings. The van der Waals surface area contributed by atoms with E-state index in [4.69, 9.17) is 10.4 Å². The first kappa shape index (κ1) is 14.2. The Balaban J connectivity index is 2.96. The van der Waals surface area contributed by atoms with Gasteiger partial charge in [0.25, 0.3) is 0 Å². The van der Waals surface area contributed by atoms with Crippen molar-refractivity contribution < 1.29 is 14.7 Å². The number of allylic oxidation sites excluding steroid dienone is 2. The van der Waals surface area contributed by atoms with Crippen LogP contribution in [0.2, 0.25) is 0 Å². The molecule has 0 saturated carbocycles. The van der Waals surface area contributed by atoms with E-state index in [1.165, 1.54) is 24.1 Å². The second-order valence-electron chi connectivity index (χ2n) is 3.56. The van der Waals surface area contributed by atoms with Crippen LogP contribution in [0.5, 0.6) is 0 Å². The highest BCUT2D eigenvalue weighted by Gasteiger charge is 2.07. The minimum atomic E-state index is -1.30. The lowest BCUT2D eigenvalue weighted by Crippen LogP contribution is -2.21. The fraction of sp³-hybridized carbons (Fsp3) is 0.0714. The Labute approximate surface area is 110 Å². The lowest BCUT2D eigenvalue weighted by Gasteiger charge is -2.15. The van der Waals surface area contributed by atoms with Gasteiger partial charge >= 0.3 is 5.97 Å². The minimum absolute atomic E-state index is 0.218. The predicted octanol–water partition coefficient (Wildman–Crippen LogP) is 2.09. The maximum Gasteiger partial charge on any atom is 0.346 e. The van der Waals surface area contributed by atoms with Crippen molar-refractivity contribution >= 4 is 17.6 Å². The van der Waals surface area contributed by atoms with E-state index in [0.717, 1.165) is 6.08 Å². The van der Waals surface area contributed by atoms with Crippen LogP contribution in [-0.4, -0.2) is 17.0 Å². The number of nitrogens with zero attached hydrogens (tertiary/aromatic N) is 2. The summed E-state index contributed by atoms with van der Waals surface area (Å²) in [7, 11) is 0. The topological polar surface area (TPSA) is 81.4 Å². The highest BCUT2D eigenvalue weighted by Crippen LogP contribution is 2.13. The average molecular weight is 256 g/mol. The first-order valence-corrected chi connectivity index (χ1v) is 5.43. The standard InChI is InChI=1S/C14H12N2O3/c1-11(17)16(13-7-3-2-4-8-13)9-5-6-12(10-15)14(18)19/h2-9H,1H3,(H,18,19). The van der Waals surface area contributed by atoms with Crippen LogP contribution in [0.3, 0.4) is 0 Å². The zero-order chi connectivity index (χ0) is 14.3. The van der Waals surface area contributed by atoms with Crippen LogP contribution in [0, 0.1) is 11.3 Å². The van der Waals surface area contributed by atoms with Crippen LogP contribution in [0.15, 0.2) is 54.3 Å². The maximum atomic E-state index is 11.5. The summed E-state index contributed by atoms with van der Waals surface area (Å²) >= 11 is 0. The Morgan fingerprint density at radius 1 is 1.32 bits per heavy atom. The second-order valence-corrected chi connectivity index (χ2v) is 3.56. The van der Waals surface area contributed by atoms with Crippen molar-refractivity contribution in [3.8, 4) is 6.07 Å². The van der Waals surface area contributed by atoms with E-state index in [2.05, 4.69) is 0 Å². The Kier molecular flexibility index (Phi) is 5.05. The van der Waals surface area contributed by atoms with Crippen molar-refractivity contribution in [3.63, 3.8) is 0 Å². The van der Waals surface area contributed by atoms with Crippen molar-refractivity contribution in [1.82, 2.24) is 0 Å². The lowest BCUT2D eigenvalue weighted by molar-refractivity contribution is -0.132. The molecule has 1 N–H and O–H groups in total. The molecule has 1 rings (SSSR count). The summed E-state index contributed by atoms with van der Waals surface area (Å²) in [5.41, 5.74) is 0.265. The molecule has 0 spiro atoms. The molecule has 0 aliphatic rings. The van der Waals surface area contributed by atoms with E-state index >= 15 is 0 Å². The second kappa shape index (κ2) is 6.77. The summed E-state index contributed by atoms with van der Waals surface area (Å²) in [6.07, 6.45) is 3.90. The first-order valence-electron chi connectivity index (χ1n) is 5.43. The van der Waals surface area contributed by atoms with Gasteiger partial charge in [-0.3, -0.25) is 9.69 Å². The molecule has 0 aliphatic carbocycles. The molecule has 19 heavy (non-hydrogen) atoms. The number of anilines is 1. The number of carboxylic acid groups (broad SMARTS) is 1. The number of para-hydroxylation sites is 1. The quantitative estimate of drug-likeness (QED) is 0.508. The number of benzene rings is 1. The number of amides is 1. The number of hydrogen-bond donors (Lipinski definition) is 1. The van der Waals surface area contributed by atoms with E-state index in [0.29, 0.717) is 5.69 Å². The summed E-state index contributed by atoms with van der Waals surface area (Å²) in [6, 6.07) is 10.4. The van der Waals surface area contributed by atoms with Crippen molar-refractivity contribution in [2.24, 2.45) is 0 Å². The van der Waals surface area contributed by atoms with Gasteiger partial charge in [-0.2, -0.15) is 5.26 Å². The SMILES string of the molecule is CC(=O)N(C=CC=C(C#N)C(=O)O)c1ccccc1. The zero-order valence-electron chi connectivity index (χ0n) is 10.3. The third kappa shape index (κ3) is 4.13. The van der Waals surface area contributed by atoms with Gasteiger partial charge < -0.3 is 5.11 Å². The molecular formula is C14H12N2O3. The molecule has 96 valence electrons. The first-order chi connectivity index (χ1) is 9.06. The third-order valence-electron chi connectivity index (χ3n) is 2.22. The largest absolute Gasteiger partial charge is 0.477 e.